The van der Waals surface area contributed by atoms with Crippen LogP contribution in [0.15, 0.2) is 17.6 Å². The molecule has 5 nitrogen and oxygen atoms in total. The molecule has 0 radical (unpaired) electrons. The highest BCUT2D eigenvalue weighted by molar-refractivity contribution is 14.1. The predicted octanol–water partition coefficient (Wildman–Crippen LogP) is 3.11. The third kappa shape index (κ3) is 3.29. The Balaban J connectivity index is 1.79. The second kappa shape index (κ2) is 6.70. The Morgan fingerprint density at radius 3 is 2.86 bits per heavy atom. The van der Waals surface area contributed by atoms with Gasteiger partial charge in [0, 0.05) is 37.8 Å². The van der Waals surface area contributed by atoms with Gasteiger partial charge >= 0.3 is 0 Å². The summed E-state index contributed by atoms with van der Waals surface area (Å²) in [6.45, 7) is 0.324. The van der Waals surface area contributed by atoms with Crippen LogP contribution in [0.2, 0.25) is 0 Å². The van der Waals surface area contributed by atoms with Gasteiger partial charge in [-0.2, -0.15) is 0 Å². The van der Waals surface area contributed by atoms with Crippen molar-refractivity contribution in [1.29, 1.82) is 0 Å². The van der Waals surface area contributed by atoms with Gasteiger partial charge in [0.15, 0.2) is 0 Å². The summed E-state index contributed by atoms with van der Waals surface area (Å²) in [5.41, 5.74) is 1.11. The van der Waals surface area contributed by atoms with E-state index in [1.54, 1.807) is 18.3 Å². The molecule has 114 valence electrons. The number of aromatic nitrogens is 2. The van der Waals surface area contributed by atoms with Crippen molar-refractivity contribution >= 4 is 46.7 Å². The van der Waals surface area contributed by atoms with Gasteiger partial charge in [-0.1, -0.05) is 0 Å². The minimum atomic E-state index is 0.324. The average Bonchev–Trinajstić information content (AvgIpc) is 2.53. The van der Waals surface area contributed by atoms with Crippen LogP contribution in [0.3, 0.4) is 0 Å². The van der Waals surface area contributed by atoms with Gasteiger partial charge in [-0.3, -0.25) is 2.52 Å². The first-order chi connectivity index (χ1) is 10.2. The molecular weight excluding hydrogens is 399 g/mol. The van der Waals surface area contributed by atoms with Crippen molar-refractivity contribution in [1.82, 2.24) is 12.5 Å². The third-order valence-electron chi connectivity index (χ3n) is 4.31. The van der Waals surface area contributed by atoms with E-state index in [2.05, 4.69) is 50.9 Å². The molecule has 1 fully saturated rings. The van der Waals surface area contributed by atoms with Crippen LogP contribution in [-0.2, 0) is 0 Å². The summed E-state index contributed by atoms with van der Waals surface area (Å²) in [6, 6.07) is 0.503. The van der Waals surface area contributed by atoms with Gasteiger partial charge in [-0.05, 0) is 37.7 Å². The Labute approximate surface area is 143 Å². The van der Waals surface area contributed by atoms with Crippen LogP contribution >= 0.6 is 34.8 Å². The normalized spacial score (nSPS) is 24.8. The number of hydrogen-bond acceptors (Lipinski definition) is 6. The Hall–Kier alpha value is -0.540. The van der Waals surface area contributed by atoms with Gasteiger partial charge in [-0.15, -0.1) is 0 Å². The van der Waals surface area contributed by atoms with Crippen molar-refractivity contribution < 1.29 is 5.11 Å². The molecule has 2 heterocycles. The zero-order valence-corrected chi connectivity index (χ0v) is 14.9. The number of aliphatic hydroxyl groups excluding tert-OH is 1. The fourth-order valence-electron chi connectivity index (χ4n) is 3.00. The van der Waals surface area contributed by atoms with Crippen LogP contribution in [0.4, 0.5) is 5.82 Å². The molecule has 7 heteroatoms. The summed E-state index contributed by atoms with van der Waals surface area (Å²) in [6.07, 6.45) is 10.2. The summed E-state index contributed by atoms with van der Waals surface area (Å²) in [5, 5.41) is 10.3. The molecule has 1 saturated carbocycles. The maximum absolute atomic E-state index is 9.26. The molecule has 0 bridgehead atoms. The maximum atomic E-state index is 9.26. The fourth-order valence-corrected chi connectivity index (χ4v) is 4.36. The van der Waals surface area contributed by atoms with E-state index in [0.29, 0.717) is 18.6 Å². The summed E-state index contributed by atoms with van der Waals surface area (Å²) in [5.74, 6) is 1.50. The average molecular weight is 418 g/mol. The van der Waals surface area contributed by atoms with Crippen molar-refractivity contribution in [2.75, 3.05) is 18.6 Å². The van der Waals surface area contributed by atoms with E-state index in [1.165, 1.54) is 0 Å². The highest BCUT2D eigenvalue weighted by atomic mass is 127. The molecule has 1 aliphatic heterocycles. The van der Waals surface area contributed by atoms with Gasteiger partial charge < -0.3 is 10.0 Å². The van der Waals surface area contributed by atoms with E-state index in [-0.39, 0.29) is 0 Å². The standard InChI is InChI=1S/C14H19IN4OS/c1-18(11-4-2-10(8-20)3-5-11)13-12-6-7-19(15)21-14(12)17-9-16-13/h6-7,9-11,20H,2-5,8H2,1H3. The molecular formula is C14H19IN4OS. The monoisotopic (exact) mass is 418 g/mol. The number of aliphatic hydroxyl groups is 1. The molecule has 3 rings (SSSR count). The predicted molar refractivity (Wildman–Crippen MR) is 94.0 cm³/mol. The zero-order chi connectivity index (χ0) is 14.8. The van der Waals surface area contributed by atoms with E-state index in [4.69, 9.17) is 0 Å². The van der Waals surface area contributed by atoms with E-state index in [0.717, 1.165) is 42.1 Å². The lowest BCUT2D eigenvalue weighted by Crippen LogP contribution is -2.36. The van der Waals surface area contributed by atoms with Gasteiger partial charge in [0.05, 0.1) is 28.4 Å². The van der Waals surface area contributed by atoms with Crippen LogP contribution in [0.1, 0.15) is 31.2 Å². The Morgan fingerprint density at radius 1 is 1.38 bits per heavy atom. The molecule has 0 atom stereocenters. The molecule has 1 N–H and O–H groups in total. The molecule has 0 spiro atoms. The van der Waals surface area contributed by atoms with Crippen molar-refractivity contribution in [3.63, 3.8) is 0 Å². The van der Waals surface area contributed by atoms with Crippen LogP contribution in [0.5, 0.6) is 0 Å². The summed E-state index contributed by atoms with van der Waals surface area (Å²) in [4.78, 5) is 11.2. The number of fused-ring (bicyclic) bond motifs is 1. The minimum absolute atomic E-state index is 0.324. The van der Waals surface area contributed by atoms with Gasteiger partial charge in [0.25, 0.3) is 0 Å². The van der Waals surface area contributed by atoms with Crippen LogP contribution in [0, 0.1) is 5.92 Å². The van der Waals surface area contributed by atoms with E-state index in [1.807, 2.05) is 8.72 Å². The molecule has 0 aromatic carbocycles. The lowest BCUT2D eigenvalue weighted by Gasteiger charge is -2.35. The lowest BCUT2D eigenvalue weighted by atomic mass is 9.86. The van der Waals surface area contributed by atoms with Crippen molar-refractivity contribution in [3.05, 3.63) is 18.1 Å². The third-order valence-corrected chi connectivity index (χ3v) is 6.02. The maximum Gasteiger partial charge on any atom is 0.140 e. The fraction of sp³-hybridized carbons (Fsp3) is 0.571. The molecule has 1 aliphatic carbocycles. The highest BCUT2D eigenvalue weighted by Gasteiger charge is 2.27. The molecule has 0 saturated heterocycles. The first-order valence-electron chi connectivity index (χ1n) is 7.19. The van der Waals surface area contributed by atoms with Crippen LogP contribution < -0.4 is 4.90 Å². The van der Waals surface area contributed by atoms with E-state index in [9.17, 15) is 5.11 Å². The first kappa shape index (κ1) is 15.4. The topological polar surface area (TPSA) is 52.5 Å². The highest BCUT2D eigenvalue weighted by Crippen LogP contribution is 2.38. The SMILES string of the molecule is CN(c1ncnc2c1C=CN(I)S2)C1CCC(CO)CC1. The largest absolute Gasteiger partial charge is 0.396 e. The smallest absolute Gasteiger partial charge is 0.140 e. The summed E-state index contributed by atoms with van der Waals surface area (Å²) < 4.78 is 2.02. The first-order valence-corrected chi connectivity index (χ1v) is 8.92. The van der Waals surface area contributed by atoms with Crippen molar-refractivity contribution in [2.24, 2.45) is 5.92 Å². The number of hydrogen-bond donors (Lipinski definition) is 1. The van der Waals surface area contributed by atoms with Crippen molar-refractivity contribution in [2.45, 2.75) is 36.8 Å². The number of nitrogens with zero attached hydrogens (tertiary/aromatic N) is 4. The quantitative estimate of drug-likeness (QED) is 0.353. The second-order valence-electron chi connectivity index (χ2n) is 5.56. The Morgan fingerprint density at radius 2 is 2.14 bits per heavy atom. The zero-order valence-electron chi connectivity index (χ0n) is 11.9. The second-order valence-corrected chi connectivity index (χ2v) is 8.22. The van der Waals surface area contributed by atoms with E-state index >= 15 is 0 Å². The minimum Gasteiger partial charge on any atom is -0.396 e. The lowest BCUT2D eigenvalue weighted by molar-refractivity contribution is 0.182. The Kier molecular flexibility index (Phi) is 4.90. The van der Waals surface area contributed by atoms with Crippen LogP contribution in [0.25, 0.3) is 6.08 Å². The summed E-state index contributed by atoms with van der Waals surface area (Å²) >= 11 is 3.86. The summed E-state index contributed by atoms with van der Waals surface area (Å²) in [7, 11) is 2.13. The number of anilines is 1. The van der Waals surface area contributed by atoms with Gasteiger partial charge in [0.1, 0.15) is 17.2 Å². The van der Waals surface area contributed by atoms with Crippen molar-refractivity contribution in [3.8, 4) is 0 Å². The molecule has 1 aromatic rings. The van der Waals surface area contributed by atoms with Gasteiger partial charge in [0.2, 0.25) is 0 Å². The molecule has 0 unspecified atom stereocenters. The van der Waals surface area contributed by atoms with Gasteiger partial charge in [-0.25, -0.2) is 9.97 Å². The molecule has 2 aliphatic rings. The molecule has 1 aromatic heterocycles. The molecule has 0 amide bonds. The molecule has 21 heavy (non-hydrogen) atoms. The number of halogens is 1. The number of rotatable bonds is 3. The van der Waals surface area contributed by atoms with E-state index < -0.39 is 0 Å². The van der Waals surface area contributed by atoms with Crippen LogP contribution in [-0.4, -0.2) is 37.3 Å². The Bertz CT molecular complexity index is 534.